The van der Waals surface area contributed by atoms with Crippen molar-refractivity contribution >= 4 is 35.6 Å². The van der Waals surface area contributed by atoms with Crippen molar-refractivity contribution in [1.29, 1.82) is 0 Å². The van der Waals surface area contributed by atoms with E-state index in [2.05, 4.69) is 16.0 Å². The van der Waals surface area contributed by atoms with Crippen molar-refractivity contribution in [2.24, 2.45) is 5.41 Å². The van der Waals surface area contributed by atoms with Crippen molar-refractivity contribution in [2.75, 3.05) is 33.4 Å². The zero-order chi connectivity index (χ0) is 17.4. The average molecular weight is 390 g/mol. The lowest BCUT2D eigenvalue weighted by Crippen LogP contribution is -2.47. The van der Waals surface area contributed by atoms with Gasteiger partial charge in [0.25, 0.3) is 0 Å². The van der Waals surface area contributed by atoms with Crippen LogP contribution in [-0.4, -0.2) is 45.2 Å². The maximum absolute atomic E-state index is 12.4. The summed E-state index contributed by atoms with van der Waals surface area (Å²) in [6, 6.07) is 3.60. The molecule has 1 saturated heterocycles. The molecule has 0 bridgehead atoms. The molecule has 0 aromatic carbocycles. The van der Waals surface area contributed by atoms with Gasteiger partial charge in [-0.3, -0.25) is 9.59 Å². The summed E-state index contributed by atoms with van der Waals surface area (Å²) in [6.07, 6.45) is 2.23. The van der Waals surface area contributed by atoms with E-state index in [-0.39, 0.29) is 42.1 Å². The van der Waals surface area contributed by atoms with E-state index in [0.29, 0.717) is 13.2 Å². The molecule has 1 aromatic rings. The predicted molar refractivity (Wildman–Crippen MR) is 102 cm³/mol. The lowest BCUT2D eigenvalue weighted by Gasteiger charge is -2.37. The van der Waals surface area contributed by atoms with E-state index in [1.165, 1.54) is 6.92 Å². The highest BCUT2D eigenvalue weighted by Gasteiger charge is 2.32. The third kappa shape index (κ3) is 6.93. The van der Waals surface area contributed by atoms with Gasteiger partial charge >= 0.3 is 0 Å². The minimum absolute atomic E-state index is 0. The third-order valence-corrected chi connectivity index (χ3v) is 5.41. The predicted octanol–water partition coefficient (Wildman–Crippen LogP) is 1.87. The molecule has 1 atom stereocenters. The standard InChI is InChI=1S/C17H27N3O3S.ClH/c1-13(21)20-14(15-4-3-9-24-15)10-16(22)19-11-17(12-23-2)5-7-18-8-6-17;/h3-4,9,14,18H,5-8,10-12H2,1-2H3,(H,19,22)(H,20,21);1H. The van der Waals surface area contributed by atoms with Gasteiger partial charge < -0.3 is 20.7 Å². The summed E-state index contributed by atoms with van der Waals surface area (Å²) >= 11 is 1.55. The first-order valence-electron chi connectivity index (χ1n) is 8.31. The number of carbonyl (C=O) groups is 2. The fourth-order valence-corrected chi connectivity index (χ4v) is 3.91. The van der Waals surface area contributed by atoms with Crippen LogP contribution in [0.3, 0.4) is 0 Å². The molecule has 1 unspecified atom stereocenters. The van der Waals surface area contributed by atoms with Gasteiger partial charge in [0.15, 0.2) is 0 Å². The Bertz CT molecular complexity index is 528. The van der Waals surface area contributed by atoms with Crippen molar-refractivity contribution < 1.29 is 14.3 Å². The molecule has 1 aliphatic rings. The summed E-state index contributed by atoms with van der Waals surface area (Å²) in [6.45, 7) is 4.63. The highest BCUT2D eigenvalue weighted by Crippen LogP contribution is 2.28. The first-order valence-corrected chi connectivity index (χ1v) is 9.19. The number of amides is 2. The summed E-state index contributed by atoms with van der Waals surface area (Å²) in [5, 5.41) is 11.2. The normalized spacial score (nSPS) is 17.2. The minimum Gasteiger partial charge on any atom is -0.384 e. The van der Waals surface area contributed by atoms with Crippen LogP contribution in [0, 0.1) is 5.41 Å². The minimum atomic E-state index is -0.270. The van der Waals surface area contributed by atoms with Gasteiger partial charge in [0.2, 0.25) is 11.8 Å². The molecule has 0 spiro atoms. The molecule has 142 valence electrons. The Morgan fingerprint density at radius 2 is 2.12 bits per heavy atom. The van der Waals surface area contributed by atoms with Crippen molar-refractivity contribution in [3.05, 3.63) is 22.4 Å². The number of carbonyl (C=O) groups excluding carboxylic acids is 2. The van der Waals surface area contributed by atoms with Crippen LogP contribution < -0.4 is 16.0 Å². The number of ether oxygens (including phenoxy) is 1. The second-order valence-corrected chi connectivity index (χ2v) is 7.41. The van der Waals surface area contributed by atoms with E-state index >= 15 is 0 Å². The van der Waals surface area contributed by atoms with Gasteiger partial charge in [-0.05, 0) is 37.4 Å². The molecule has 25 heavy (non-hydrogen) atoms. The molecule has 6 nitrogen and oxygen atoms in total. The number of hydrogen-bond acceptors (Lipinski definition) is 5. The Balaban J connectivity index is 0.00000312. The Kier molecular flexibility index (Phi) is 9.42. The summed E-state index contributed by atoms with van der Waals surface area (Å²) in [7, 11) is 1.70. The first kappa shape index (κ1) is 21.9. The molecule has 8 heteroatoms. The molecule has 0 radical (unpaired) electrons. The molecular formula is C17H28ClN3O3S. The molecule has 2 amide bonds. The molecule has 2 heterocycles. The van der Waals surface area contributed by atoms with E-state index in [9.17, 15) is 9.59 Å². The number of hydrogen-bond donors (Lipinski definition) is 3. The Labute approximate surface area is 159 Å². The zero-order valence-electron chi connectivity index (χ0n) is 14.8. The van der Waals surface area contributed by atoms with Crippen LogP contribution in [0.25, 0.3) is 0 Å². The Morgan fingerprint density at radius 3 is 2.68 bits per heavy atom. The van der Waals surface area contributed by atoms with Gasteiger partial charge in [0, 0.05) is 30.9 Å². The van der Waals surface area contributed by atoms with Gasteiger partial charge in [0.05, 0.1) is 19.1 Å². The maximum atomic E-state index is 12.4. The zero-order valence-corrected chi connectivity index (χ0v) is 16.4. The molecule has 0 aliphatic carbocycles. The van der Waals surface area contributed by atoms with Crippen LogP contribution in [0.15, 0.2) is 17.5 Å². The number of piperidine rings is 1. The van der Waals surface area contributed by atoms with E-state index in [4.69, 9.17) is 4.74 Å². The average Bonchev–Trinajstić information content (AvgIpc) is 3.08. The van der Waals surface area contributed by atoms with E-state index in [1.807, 2.05) is 17.5 Å². The highest BCUT2D eigenvalue weighted by atomic mass is 35.5. The van der Waals surface area contributed by atoms with Crippen LogP contribution in [0.5, 0.6) is 0 Å². The summed E-state index contributed by atoms with van der Waals surface area (Å²) < 4.78 is 5.38. The molecule has 1 fully saturated rings. The van der Waals surface area contributed by atoms with Gasteiger partial charge in [-0.25, -0.2) is 0 Å². The van der Waals surface area contributed by atoms with Gasteiger partial charge in [-0.2, -0.15) is 0 Å². The maximum Gasteiger partial charge on any atom is 0.222 e. The Hall–Kier alpha value is -1.15. The SMILES string of the molecule is COCC1(CNC(=O)CC(NC(C)=O)c2cccs2)CCNCC1.Cl. The van der Waals surface area contributed by atoms with Crippen LogP contribution in [0.4, 0.5) is 0 Å². The van der Waals surface area contributed by atoms with Crippen LogP contribution >= 0.6 is 23.7 Å². The van der Waals surface area contributed by atoms with E-state index in [0.717, 1.165) is 30.8 Å². The second-order valence-electron chi connectivity index (χ2n) is 6.43. The molecule has 1 aromatic heterocycles. The number of rotatable bonds is 8. The van der Waals surface area contributed by atoms with Crippen molar-refractivity contribution in [3.63, 3.8) is 0 Å². The van der Waals surface area contributed by atoms with Crippen LogP contribution in [0.1, 0.15) is 37.1 Å². The lowest BCUT2D eigenvalue weighted by atomic mass is 9.79. The Morgan fingerprint density at radius 1 is 1.40 bits per heavy atom. The van der Waals surface area contributed by atoms with Crippen LogP contribution in [-0.2, 0) is 14.3 Å². The number of methoxy groups -OCH3 is 1. The molecule has 3 N–H and O–H groups in total. The van der Waals surface area contributed by atoms with Crippen molar-refractivity contribution in [3.8, 4) is 0 Å². The fraction of sp³-hybridized carbons (Fsp3) is 0.647. The fourth-order valence-electron chi connectivity index (χ4n) is 3.14. The molecule has 1 aliphatic heterocycles. The molecular weight excluding hydrogens is 362 g/mol. The number of nitrogens with one attached hydrogen (secondary N) is 3. The molecule has 2 rings (SSSR count). The van der Waals surface area contributed by atoms with Gasteiger partial charge in [0.1, 0.15) is 0 Å². The van der Waals surface area contributed by atoms with E-state index < -0.39 is 0 Å². The van der Waals surface area contributed by atoms with Gasteiger partial charge in [-0.1, -0.05) is 6.07 Å². The number of halogens is 1. The van der Waals surface area contributed by atoms with E-state index in [1.54, 1.807) is 18.4 Å². The summed E-state index contributed by atoms with van der Waals surface area (Å²) in [5.74, 6) is -0.174. The molecule has 0 saturated carbocycles. The summed E-state index contributed by atoms with van der Waals surface area (Å²) in [5.41, 5.74) is 0.00208. The topological polar surface area (TPSA) is 79.5 Å². The monoisotopic (exact) mass is 389 g/mol. The lowest BCUT2D eigenvalue weighted by molar-refractivity contribution is -0.123. The second kappa shape index (κ2) is 10.8. The van der Waals surface area contributed by atoms with Crippen molar-refractivity contribution in [2.45, 2.75) is 32.2 Å². The highest BCUT2D eigenvalue weighted by molar-refractivity contribution is 7.10. The largest absolute Gasteiger partial charge is 0.384 e. The quantitative estimate of drug-likeness (QED) is 0.634. The smallest absolute Gasteiger partial charge is 0.222 e. The first-order chi connectivity index (χ1) is 11.5. The van der Waals surface area contributed by atoms with Crippen molar-refractivity contribution in [1.82, 2.24) is 16.0 Å². The van der Waals surface area contributed by atoms with Gasteiger partial charge in [-0.15, -0.1) is 23.7 Å². The summed E-state index contributed by atoms with van der Waals surface area (Å²) in [4.78, 5) is 24.8. The third-order valence-electron chi connectivity index (χ3n) is 4.43. The number of thiophene rings is 1. The van der Waals surface area contributed by atoms with Crippen LogP contribution in [0.2, 0.25) is 0 Å².